The molecule has 4 atom stereocenters. The van der Waals surface area contributed by atoms with Crippen LogP contribution in [0.3, 0.4) is 0 Å². The van der Waals surface area contributed by atoms with Crippen molar-refractivity contribution in [2.24, 2.45) is 11.8 Å². The van der Waals surface area contributed by atoms with Crippen LogP contribution in [0, 0.1) is 11.8 Å². The van der Waals surface area contributed by atoms with Gasteiger partial charge in [0.2, 0.25) is 0 Å². The molecular formula is C12H21NO. The second-order valence-electron chi connectivity index (χ2n) is 5.47. The molecule has 2 nitrogen and oxygen atoms in total. The molecule has 14 heavy (non-hydrogen) atoms. The molecule has 1 N–H and O–H groups in total. The molecule has 2 saturated carbocycles. The Bertz CT molecular complexity index is 206. The van der Waals surface area contributed by atoms with Gasteiger partial charge in [-0.2, -0.15) is 0 Å². The van der Waals surface area contributed by atoms with Crippen LogP contribution in [-0.2, 0) is 0 Å². The normalized spacial score (nSPS) is 48.6. The van der Waals surface area contributed by atoms with Crippen molar-refractivity contribution in [2.75, 3.05) is 13.1 Å². The Balaban J connectivity index is 1.65. The van der Waals surface area contributed by atoms with Gasteiger partial charge in [0, 0.05) is 19.1 Å². The fraction of sp³-hybridized carbons (Fsp3) is 1.00. The number of likely N-dealkylation sites (tertiary alicyclic amines) is 1. The van der Waals surface area contributed by atoms with Crippen LogP contribution in [0.5, 0.6) is 0 Å². The molecule has 3 rings (SSSR count). The van der Waals surface area contributed by atoms with Crippen LogP contribution >= 0.6 is 0 Å². The molecule has 2 heteroatoms. The van der Waals surface area contributed by atoms with Crippen LogP contribution in [0.4, 0.5) is 0 Å². The van der Waals surface area contributed by atoms with E-state index in [-0.39, 0.29) is 6.10 Å². The maximum Gasteiger partial charge on any atom is 0.0695 e. The van der Waals surface area contributed by atoms with E-state index in [4.69, 9.17) is 0 Å². The van der Waals surface area contributed by atoms with Crippen LogP contribution in [0.25, 0.3) is 0 Å². The van der Waals surface area contributed by atoms with Gasteiger partial charge in [-0.1, -0.05) is 6.42 Å². The van der Waals surface area contributed by atoms with Crippen molar-refractivity contribution in [3.8, 4) is 0 Å². The van der Waals surface area contributed by atoms with E-state index >= 15 is 0 Å². The first-order valence-corrected chi connectivity index (χ1v) is 6.27. The van der Waals surface area contributed by atoms with Gasteiger partial charge in [0.05, 0.1) is 6.10 Å². The highest BCUT2D eigenvalue weighted by molar-refractivity contribution is 4.94. The van der Waals surface area contributed by atoms with Crippen molar-refractivity contribution in [1.82, 2.24) is 4.90 Å². The maximum absolute atomic E-state index is 9.87. The molecule has 80 valence electrons. The Morgan fingerprint density at radius 2 is 1.50 bits per heavy atom. The van der Waals surface area contributed by atoms with Crippen LogP contribution in [-0.4, -0.2) is 35.2 Å². The number of hydrogen-bond acceptors (Lipinski definition) is 2. The second kappa shape index (κ2) is 3.49. The van der Waals surface area contributed by atoms with Crippen molar-refractivity contribution in [2.45, 2.75) is 50.7 Å². The summed E-state index contributed by atoms with van der Waals surface area (Å²) >= 11 is 0. The number of nitrogens with zero attached hydrogens (tertiary/aromatic N) is 1. The minimum atomic E-state index is -0.0196. The zero-order chi connectivity index (χ0) is 9.54. The van der Waals surface area contributed by atoms with Crippen molar-refractivity contribution in [1.29, 1.82) is 0 Å². The van der Waals surface area contributed by atoms with Crippen LogP contribution in [0.2, 0.25) is 0 Å². The highest BCUT2D eigenvalue weighted by Gasteiger charge is 2.41. The summed E-state index contributed by atoms with van der Waals surface area (Å²) in [4.78, 5) is 2.59. The Morgan fingerprint density at radius 3 is 2.07 bits per heavy atom. The lowest BCUT2D eigenvalue weighted by molar-refractivity contribution is 0.0805. The van der Waals surface area contributed by atoms with Crippen molar-refractivity contribution in [3.05, 3.63) is 0 Å². The Kier molecular flexibility index (Phi) is 2.29. The molecular weight excluding hydrogens is 174 g/mol. The Hall–Kier alpha value is -0.0800. The summed E-state index contributed by atoms with van der Waals surface area (Å²) in [7, 11) is 0. The highest BCUT2D eigenvalue weighted by Crippen LogP contribution is 2.40. The summed E-state index contributed by atoms with van der Waals surface area (Å²) in [6.07, 6.45) is 7.84. The standard InChI is InChI=1S/C12H21NO/c14-12-6-2-5-11(12)13-7-9-3-1-4-10(9)8-13/h9-12,14H,1-8H2/t9?,10?,11-,12-/m1/s1. The fourth-order valence-corrected chi connectivity index (χ4v) is 3.89. The van der Waals surface area contributed by atoms with Crippen LogP contribution < -0.4 is 0 Å². The van der Waals surface area contributed by atoms with Gasteiger partial charge in [-0.3, -0.25) is 4.90 Å². The van der Waals surface area contributed by atoms with Crippen LogP contribution in [0.15, 0.2) is 0 Å². The third kappa shape index (κ3) is 1.40. The van der Waals surface area contributed by atoms with E-state index in [1.54, 1.807) is 0 Å². The average molecular weight is 195 g/mol. The van der Waals surface area contributed by atoms with Crippen LogP contribution in [0.1, 0.15) is 38.5 Å². The molecule has 0 aromatic rings. The molecule has 2 unspecified atom stereocenters. The first kappa shape index (κ1) is 9.17. The zero-order valence-electron chi connectivity index (χ0n) is 8.86. The van der Waals surface area contributed by atoms with E-state index in [1.165, 1.54) is 45.2 Å². The van der Waals surface area contributed by atoms with Gasteiger partial charge in [0.1, 0.15) is 0 Å². The lowest BCUT2D eigenvalue weighted by Crippen LogP contribution is -2.39. The third-order valence-corrected chi connectivity index (χ3v) is 4.67. The summed E-state index contributed by atoms with van der Waals surface area (Å²) in [5, 5.41) is 9.87. The van der Waals surface area contributed by atoms with Crippen molar-refractivity contribution < 1.29 is 5.11 Å². The molecule has 3 aliphatic rings. The summed E-state index contributed by atoms with van der Waals surface area (Å²) in [6.45, 7) is 2.57. The molecule has 0 radical (unpaired) electrons. The summed E-state index contributed by atoms with van der Waals surface area (Å²) in [5.41, 5.74) is 0. The maximum atomic E-state index is 9.87. The SMILES string of the molecule is O[C@@H]1CCC[C@H]1N1CC2CCCC2C1. The Morgan fingerprint density at radius 1 is 0.857 bits per heavy atom. The molecule has 0 spiro atoms. The fourth-order valence-electron chi connectivity index (χ4n) is 3.89. The molecule has 0 amide bonds. The summed E-state index contributed by atoms with van der Waals surface area (Å²) < 4.78 is 0. The first-order valence-electron chi connectivity index (χ1n) is 6.27. The number of fused-ring (bicyclic) bond motifs is 1. The average Bonchev–Trinajstić information content (AvgIpc) is 2.75. The summed E-state index contributed by atoms with van der Waals surface area (Å²) in [6, 6.07) is 0.514. The number of aliphatic hydroxyl groups excluding tert-OH is 1. The quantitative estimate of drug-likeness (QED) is 0.687. The molecule has 0 aromatic carbocycles. The van der Waals surface area contributed by atoms with E-state index < -0.39 is 0 Å². The van der Waals surface area contributed by atoms with E-state index in [0.29, 0.717) is 6.04 Å². The van der Waals surface area contributed by atoms with Gasteiger partial charge in [0.25, 0.3) is 0 Å². The van der Waals surface area contributed by atoms with E-state index in [2.05, 4.69) is 4.90 Å². The van der Waals surface area contributed by atoms with Gasteiger partial charge in [-0.25, -0.2) is 0 Å². The predicted octanol–water partition coefficient (Wildman–Crippen LogP) is 1.63. The highest BCUT2D eigenvalue weighted by atomic mass is 16.3. The number of rotatable bonds is 1. The first-order chi connectivity index (χ1) is 6.84. The number of aliphatic hydroxyl groups is 1. The molecule has 3 fully saturated rings. The number of hydrogen-bond donors (Lipinski definition) is 1. The van der Waals surface area contributed by atoms with Crippen molar-refractivity contribution in [3.63, 3.8) is 0 Å². The minimum absolute atomic E-state index is 0.0196. The zero-order valence-corrected chi connectivity index (χ0v) is 8.86. The molecule has 1 aliphatic heterocycles. The van der Waals surface area contributed by atoms with Gasteiger partial charge in [0.15, 0.2) is 0 Å². The van der Waals surface area contributed by atoms with E-state index in [0.717, 1.165) is 18.3 Å². The van der Waals surface area contributed by atoms with E-state index in [9.17, 15) is 5.11 Å². The third-order valence-electron chi connectivity index (χ3n) is 4.67. The largest absolute Gasteiger partial charge is 0.391 e. The minimum Gasteiger partial charge on any atom is -0.391 e. The van der Waals surface area contributed by atoms with Gasteiger partial charge >= 0.3 is 0 Å². The Labute approximate surface area is 86.3 Å². The lowest BCUT2D eigenvalue weighted by atomic mass is 10.0. The monoisotopic (exact) mass is 195 g/mol. The topological polar surface area (TPSA) is 23.5 Å². The molecule has 1 heterocycles. The smallest absolute Gasteiger partial charge is 0.0695 e. The molecule has 1 saturated heterocycles. The van der Waals surface area contributed by atoms with E-state index in [1.807, 2.05) is 0 Å². The van der Waals surface area contributed by atoms with Crippen molar-refractivity contribution >= 4 is 0 Å². The molecule has 0 aromatic heterocycles. The molecule has 2 aliphatic carbocycles. The predicted molar refractivity (Wildman–Crippen MR) is 56.0 cm³/mol. The van der Waals surface area contributed by atoms with Gasteiger partial charge in [-0.05, 0) is 43.9 Å². The second-order valence-corrected chi connectivity index (χ2v) is 5.47. The lowest BCUT2D eigenvalue weighted by Gasteiger charge is -2.27. The van der Waals surface area contributed by atoms with Gasteiger partial charge in [-0.15, -0.1) is 0 Å². The summed E-state index contributed by atoms with van der Waals surface area (Å²) in [5.74, 6) is 1.95. The molecule has 0 bridgehead atoms. The van der Waals surface area contributed by atoms with Gasteiger partial charge < -0.3 is 5.11 Å².